The van der Waals surface area contributed by atoms with Gasteiger partial charge in [0.05, 0.1) is 0 Å². The Labute approximate surface area is 131 Å². The van der Waals surface area contributed by atoms with Crippen LogP contribution in [0.2, 0.25) is 0 Å². The quantitative estimate of drug-likeness (QED) is 0.754. The van der Waals surface area contributed by atoms with Crippen LogP contribution < -0.4 is 5.32 Å². The molecule has 0 saturated carbocycles. The number of nitrogens with one attached hydrogen (secondary N) is 1. The van der Waals surface area contributed by atoms with Gasteiger partial charge < -0.3 is 10.2 Å². The Morgan fingerprint density at radius 1 is 1.45 bits per heavy atom. The van der Waals surface area contributed by atoms with Crippen molar-refractivity contribution in [3.8, 4) is 0 Å². The van der Waals surface area contributed by atoms with Gasteiger partial charge in [-0.3, -0.25) is 4.90 Å². The fourth-order valence-electron chi connectivity index (χ4n) is 2.39. The fourth-order valence-corrected chi connectivity index (χ4v) is 4.44. The van der Waals surface area contributed by atoms with Gasteiger partial charge in [-0.05, 0) is 6.92 Å². The highest BCUT2D eigenvalue weighted by molar-refractivity contribution is 8.03. The monoisotopic (exact) mass is 314 g/mol. The Morgan fingerprint density at radius 3 is 2.75 bits per heavy atom. The number of hydrogen-bond acceptors (Lipinski definition) is 6. The third-order valence-corrected chi connectivity index (χ3v) is 5.57. The van der Waals surface area contributed by atoms with E-state index in [4.69, 9.17) is 0 Å². The maximum atomic E-state index is 3.93. The molecule has 1 atom stereocenters. The van der Waals surface area contributed by atoms with Crippen LogP contribution in [0.25, 0.3) is 0 Å². The smallest absolute Gasteiger partial charge is 0.151 e. The van der Waals surface area contributed by atoms with Gasteiger partial charge in [0.25, 0.3) is 0 Å². The van der Waals surface area contributed by atoms with E-state index in [2.05, 4.69) is 46.2 Å². The zero-order chi connectivity index (χ0) is 14.5. The van der Waals surface area contributed by atoms with Gasteiger partial charge in [-0.2, -0.15) is 0 Å². The molecule has 114 valence electrons. The summed E-state index contributed by atoms with van der Waals surface area (Å²) in [6, 6.07) is 0. The molecule has 0 amide bonds. The molecule has 0 aromatic rings. The molecular weight excluding hydrogens is 288 g/mol. The predicted molar refractivity (Wildman–Crippen MR) is 91.3 cm³/mol. The summed E-state index contributed by atoms with van der Waals surface area (Å²) in [6.45, 7) is 13.9. The lowest BCUT2D eigenvalue weighted by molar-refractivity contribution is 0.212. The van der Waals surface area contributed by atoms with Crippen LogP contribution in [0.1, 0.15) is 13.8 Å². The summed E-state index contributed by atoms with van der Waals surface area (Å²) >= 11 is 3.87. The van der Waals surface area contributed by atoms with Crippen molar-refractivity contribution in [1.82, 2.24) is 19.4 Å². The molecule has 0 aromatic carbocycles. The van der Waals surface area contributed by atoms with E-state index in [1.807, 2.05) is 30.6 Å². The second-order valence-corrected chi connectivity index (χ2v) is 7.84. The third kappa shape index (κ3) is 4.62. The van der Waals surface area contributed by atoms with Gasteiger partial charge in [0, 0.05) is 62.3 Å². The van der Waals surface area contributed by atoms with Crippen LogP contribution in [0.15, 0.2) is 23.4 Å². The summed E-state index contributed by atoms with van der Waals surface area (Å²) < 4.78 is 2.49. The average molecular weight is 315 g/mol. The lowest BCUT2D eigenvalue weighted by Gasteiger charge is -2.33. The maximum Gasteiger partial charge on any atom is 0.151 e. The summed E-state index contributed by atoms with van der Waals surface area (Å²) in [5.74, 6) is 1.18. The minimum absolute atomic E-state index is 0.305. The molecule has 1 unspecified atom stereocenters. The largest absolute Gasteiger partial charge is 0.361 e. The van der Waals surface area contributed by atoms with Gasteiger partial charge in [-0.25, -0.2) is 4.31 Å². The van der Waals surface area contributed by atoms with Crippen LogP contribution in [0.3, 0.4) is 0 Å². The van der Waals surface area contributed by atoms with Gasteiger partial charge in [-0.1, -0.05) is 37.2 Å². The van der Waals surface area contributed by atoms with Gasteiger partial charge in [0.2, 0.25) is 0 Å². The summed E-state index contributed by atoms with van der Waals surface area (Å²) in [7, 11) is 2.12. The fraction of sp³-hybridized carbons (Fsp3) is 0.714. The molecule has 0 aliphatic carbocycles. The number of hydrogen-bond donors (Lipinski definition) is 1. The van der Waals surface area contributed by atoms with Crippen LogP contribution >= 0.6 is 23.7 Å². The lowest BCUT2D eigenvalue weighted by atomic mass is 10.3. The first-order valence-electron chi connectivity index (χ1n) is 7.20. The third-order valence-electron chi connectivity index (χ3n) is 3.37. The molecule has 1 fully saturated rings. The highest BCUT2D eigenvalue weighted by Gasteiger charge is 2.25. The van der Waals surface area contributed by atoms with Crippen molar-refractivity contribution in [3.05, 3.63) is 23.4 Å². The van der Waals surface area contributed by atoms with E-state index in [0.29, 0.717) is 5.50 Å². The summed E-state index contributed by atoms with van der Waals surface area (Å²) in [6.07, 6.45) is 2.26. The Balaban J connectivity index is 1.75. The van der Waals surface area contributed by atoms with Gasteiger partial charge in [0.15, 0.2) is 5.50 Å². The molecule has 1 N–H and O–H groups in total. The maximum absolute atomic E-state index is 3.93. The van der Waals surface area contributed by atoms with Crippen molar-refractivity contribution in [3.63, 3.8) is 0 Å². The lowest BCUT2D eigenvalue weighted by Crippen LogP contribution is -2.43. The van der Waals surface area contributed by atoms with E-state index in [1.165, 1.54) is 36.8 Å². The Kier molecular flexibility index (Phi) is 6.14. The SMILES string of the molecule is C=C(C)NC1SC(CN2CCN(SCC)CC2)=CN1C. The number of thioether (sulfide) groups is 1. The number of allylic oxidation sites excluding steroid dienone is 1. The molecule has 6 heteroatoms. The Morgan fingerprint density at radius 2 is 2.15 bits per heavy atom. The molecular formula is C14H26N4S2. The number of rotatable bonds is 6. The summed E-state index contributed by atoms with van der Waals surface area (Å²) in [4.78, 5) is 6.24. The molecule has 2 aliphatic heterocycles. The van der Waals surface area contributed by atoms with Crippen molar-refractivity contribution in [2.24, 2.45) is 0 Å². The Hall–Kier alpha value is -0.300. The van der Waals surface area contributed by atoms with Crippen molar-refractivity contribution < 1.29 is 0 Å². The van der Waals surface area contributed by atoms with E-state index in [9.17, 15) is 0 Å². The van der Waals surface area contributed by atoms with Crippen LogP contribution in [-0.2, 0) is 0 Å². The van der Waals surface area contributed by atoms with Crippen molar-refractivity contribution in [2.75, 3.05) is 45.5 Å². The van der Waals surface area contributed by atoms with Crippen LogP contribution in [-0.4, -0.2) is 65.1 Å². The number of piperazine rings is 1. The highest BCUT2D eigenvalue weighted by Crippen LogP contribution is 2.31. The summed E-state index contributed by atoms with van der Waals surface area (Å²) in [5.41, 5.74) is 1.33. The number of nitrogens with zero attached hydrogens (tertiary/aromatic N) is 3. The molecule has 2 heterocycles. The van der Waals surface area contributed by atoms with Gasteiger partial charge >= 0.3 is 0 Å². The van der Waals surface area contributed by atoms with Crippen LogP contribution in [0.4, 0.5) is 0 Å². The van der Waals surface area contributed by atoms with Gasteiger partial charge in [0.1, 0.15) is 0 Å². The topological polar surface area (TPSA) is 21.8 Å². The average Bonchev–Trinajstić information content (AvgIpc) is 2.72. The van der Waals surface area contributed by atoms with E-state index >= 15 is 0 Å². The van der Waals surface area contributed by atoms with Crippen molar-refractivity contribution >= 4 is 23.7 Å². The standard InChI is InChI=1S/C14H26N4S2/c1-5-19-18-8-6-17(7-9-18)11-13-10-16(4)14(20-13)15-12(2)3/h10,14-15H,2,5-9,11H2,1,3-4H3. The second kappa shape index (κ2) is 7.64. The van der Waals surface area contributed by atoms with Crippen molar-refractivity contribution in [2.45, 2.75) is 19.3 Å². The van der Waals surface area contributed by atoms with Crippen molar-refractivity contribution in [1.29, 1.82) is 0 Å². The molecule has 1 saturated heterocycles. The van der Waals surface area contributed by atoms with Gasteiger partial charge in [-0.15, -0.1) is 0 Å². The molecule has 2 aliphatic rings. The zero-order valence-electron chi connectivity index (χ0n) is 12.8. The molecule has 0 spiro atoms. The summed E-state index contributed by atoms with van der Waals surface area (Å²) in [5, 5.41) is 3.39. The van der Waals surface area contributed by atoms with Crippen LogP contribution in [0, 0.1) is 0 Å². The molecule has 20 heavy (non-hydrogen) atoms. The minimum atomic E-state index is 0.305. The van der Waals surface area contributed by atoms with Crippen LogP contribution in [0.5, 0.6) is 0 Å². The zero-order valence-corrected chi connectivity index (χ0v) is 14.4. The first kappa shape index (κ1) is 16.1. The normalized spacial score (nSPS) is 24.9. The molecule has 0 aromatic heterocycles. The van der Waals surface area contributed by atoms with E-state index in [1.54, 1.807) is 0 Å². The van der Waals surface area contributed by atoms with E-state index in [-0.39, 0.29) is 0 Å². The highest BCUT2D eigenvalue weighted by atomic mass is 32.2. The molecule has 0 bridgehead atoms. The molecule has 0 radical (unpaired) electrons. The second-order valence-electron chi connectivity index (χ2n) is 5.28. The van der Waals surface area contributed by atoms with E-state index in [0.717, 1.165) is 12.2 Å². The minimum Gasteiger partial charge on any atom is -0.361 e. The first-order valence-corrected chi connectivity index (χ1v) is 9.02. The molecule has 2 rings (SSSR count). The van der Waals surface area contributed by atoms with E-state index < -0.39 is 0 Å². The first-order chi connectivity index (χ1) is 9.58. The Bertz CT molecular complexity index is 364. The molecule has 4 nitrogen and oxygen atoms in total. The predicted octanol–water partition coefficient (Wildman–Crippen LogP) is 2.20.